The van der Waals surface area contributed by atoms with Crippen LogP contribution in [0.3, 0.4) is 0 Å². The maximum atomic E-state index is 2.67. The Labute approximate surface area is 189 Å². The SMILES string of the molecule is CC1=Cc2ccccc2[CH]1[Zr]([CH3])([CH3])(=[SiH2])[c]1cccc2c1Cc1ccccc1-2.Cl.Cl. The van der Waals surface area contributed by atoms with Crippen LogP contribution in [0.4, 0.5) is 0 Å². The molecule has 0 bridgehead atoms. The van der Waals surface area contributed by atoms with Gasteiger partial charge in [0.05, 0.1) is 0 Å². The van der Waals surface area contributed by atoms with Crippen molar-refractivity contribution in [3.8, 4) is 11.1 Å². The van der Waals surface area contributed by atoms with Crippen LogP contribution in [-0.2, 0) is 23.8 Å². The van der Waals surface area contributed by atoms with E-state index in [-0.39, 0.29) is 24.8 Å². The maximum absolute atomic E-state index is 3.29. The van der Waals surface area contributed by atoms with Crippen molar-refractivity contribution in [2.45, 2.75) is 26.2 Å². The fraction of sp³-hybridized carbons (Fsp3) is 0.200. The Morgan fingerprint density at radius 1 is 0.828 bits per heavy atom. The number of rotatable bonds is 2. The molecule has 2 aliphatic carbocycles. The summed E-state index contributed by atoms with van der Waals surface area (Å²) in [5.74, 6) is 0. The van der Waals surface area contributed by atoms with Crippen molar-refractivity contribution in [3.63, 3.8) is 0 Å². The minimum absolute atomic E-state index is 0. The second-order valence-electron chi connectivity index (χ2n) is 9.43. The fourth-order valence-corrected chi connectivity index (χ4v) is 23.2. The molecule has 0 fully saturated rings. The number of halogens is 2. The van der Waals surface area contributed by atoms with Crippen molar-refractivity contribution in [2.24, 2.45) is 0 Å². The van der Waals surface area contributed by atoms with Crippen LogP contribution in [0.1, 0.15) is 32.8 Å². The Morgan fingerprint density at radius 2 is 1.48 bits per heavy atom. The molecular formula is C25H28Cl2SiZr. The van der Waals surface area contributed by atoms with Crippen LogP contribution in [0.5, 0.6) is 0 Å². The Hall–Kier alpha value is -0.920. The van der Waals surface area contributed by atoms with Gasteiger partial charge < -0.3 is 0 Å². The topological polar surface area (TPSA) is 0 Å². The van der Waals surface area contributed by atoms with E-state index >= 15 is 0 Å². The molecule has 0 heterocycles. The van der Waals surface area contributed by atoms with Gasteiger partial charge in [0, 0.05) is 0 Å². The van der Waals surface area contributed by atoms with Gasteiger partial charge in [-0.15, -0.1) is 24.8 Å². The molecule has 0 saturated carbocycles. The van der Waals surface area contributed by atoms with E-state index in [1.165, 1.54) is 22.3 Å². The Kier molecular flexibility index (Phi) is 6.00. The summed E-state index contributed by atoms with van der Waals surface area (Å²) < 4.78 is 7.65. The van der Waals surface area contributed by atoms with E-state index in [1.54, 1.807) is 20.0 Å². The molecule has 5 rings (SSSR count). The van der Waals surface area contributed by atoms with Gasteiger partial charge in [0.2, 0.25) is 0 Å². The molecule has 1 atom stereocenters. The maximum Gasteiger partial charge on any atom is -0.147 e. The summed E-state index contributed by atoms with van der Waals surface area (Å²) in [5.41, 5.74) is 10.6. The van der Waals surface area contributed by atoms with E-state index in [2.05, 4.69) is 95.9 Å². The molecule has 0 spiro atoms. The van der Waals surface area contributed by atoms with Gasteiger partial charge in [-0.25, -0.2) is 0 Å². The molecule has 0 aromatic heterocycles. The van der Waals surface area contributed by atoms with Gasteiger partial charge >= 0.3 is 166 Å². The molecule has 0 aliphatic heterocycles. The summed E-state index contributed by atoms with van der Waals surface area (Å²) in [4.78, 5) is 0. The number of hydrogen-bond donors (Lipinski definition) is 0. The van der Waals surface area contributed by atoms with Gasteiger partial charge in [0.1, 0.15) is 0 Å². The van der Waals surface area contributed by atoms with E-state index < -0.39 is 17.4 Å². The summed E-state index contributed by atoms with van der Waals surface area (Å²) >= 11 is -3.29. The molecule has 0 amide bonds. The smallest absolute Gasteiger partial charge is 0.147 e. The van der Waals surface area contributed by atoms with Crippen LogP contribution in [0.15, 0.2) is 72.3 Å². The molecule has 1 unspecified atom stereocenters. The van der Waals surface area contributed by atoms with Crippen molar-refractivity contribution in [1.29, 1.82) is 0 Å². The third-order valence-electron chi connectivity index (χ3n) is 6.81. The third-order valence-corrected chi connectivity index (χ3v) is 23.4. The summed E-state index contributed by atoms with van der Waals surface area (Å²) in [5, 5.41) is 0. The van der Waals surface area contributed by atoms with E-state index in [0.717, 1.165) is 6.42 Å². The third kappa shape index (κ3) is 3.37. The minimum atomic E-state index is -3.29. The summed E-state index contributed by atoms with van der Waals surface area (Å²) in [6.45, 7) is 4.74. The number of benzene rings is 3. The predicted molar refractivity (Wildman–Crippen MR) is 132 cm³/mol. The average Bonchev–Trinajstić information content (AvgIpc) is 3.18. The van der Waals surface area contributed by atoms with Crippen LogP contribution in [-0.4, -0.2) is 6.88 Å². The number of allylic oxidation sites excluding steroid dienone is 1. The summed E-state index contributed by atoms with van der Waals surface area (Å²) in [7, 11) is 0. The van der Waals surface area contributed by atoms with Crippen LogP contribution in [0, 0.1) is 0 Å². The largest absolute Gasteiger partial charge is 0.147 e. The van der Waals surface area contributed by atoms with E-state index in [0.29, 0.717) is 3.63 Å². The van der Waals surface area contributed by atoms with Gasteiger partial charge in [-0.3, -0.25) is 0 Å². The van der Waals surface area contributed by atoms with Crippen LogP contribution < -0.4 is 3.27 Å². The average molecular weight is 519 g/mol. The van der Waals surface area contributed by atoms with E-state index in [4.69, 9.17) is 0 Å². The minimum Gasteiger partial charge on any atom is -0.147 e. The molecular weight excluding hydrogens is 490 g/mol. The Morgan fingerprint density at radius 3 is 2.28 bits per heavy atom. The second-order valence-corrected chi connectivity index (χ2v) is 38.9. The molecule has 150 valence electrons. The number of hydrogen-bond acceptors (Lipinski definition) is 0. The Bertz CT molecular complexity index is 1200. The quantitative estimate of drug-likeness (QED) is 0.277. The van der Waals surface area contributed by atoms with Gasteiger partial charge in [-0.2, -0.15) is 0 Å². The molecule has 4 heteroatoms. The molecule has 0 saturated heterocycles. The van der Waals surface area contributed by atoms with Crippen molar-refractivity contribution >= 4 is 41.0 Å². The predicted octanol–water partition coefficient (Wildman–Crippen LogP) is 6.22. The van der Waals surface area contributed by atoms with Crippen LogP contribution >= 0.6 is 24.8 Å². The van der Waals surface area contributed by atoms with Crippen molar-refractivity contribution in [2.75, 3.05) is 0 Å². The zero-order chi connectivity index (χ0) is 18.8. The first-order valence-electron chi connectivity index (χ1n) is 9.90. The summed E-state index contributed by atoms with van der Waals surface area (Å²) in [6.07, 6.45) is 3.54. The molecule has 29 heavy (non-hydrogen) atoms. The molecule has 0 radical (unpaired) electrons. The molecule has 0 nitrogen and oxygen atoms in total. The molecule has 2 aliphatic rings. The summed E-state index contributed by atoms with van der Waals surface area (Å²) in [6, 6.07) is 25.1. The standard InChI is InChI=1S/C13H9.C10H9.2CH3.2ClH.H2Si.Zr/c1-3-7-12-10(5-1)9-11-6-2-4-8-13(11)12;1-8-6-9-4-2-3-5-10(9)7-8;;;;;;/h1-5,7-8H,9H2;2-7H,1H3;2*1H3;2*1H;1H2;. The Balaban J connectivity index is 0.00000120. The zero-order valence-corrected chi connectivity index (χ0v) is 22.7. The normalized spacial score (nSPS) is 16.7. The van der Waals surface area contributed by atoms with Crippen molar-refractivity contribution in [1.82, 2.24) is 0 Å². The van der Waals surface area contributed by atoms with Gasteiger partial charge in [-0.05, 0) is 0 Å². The second kappa shape index (κ2) is 7.65. The fourth-order valence-electron chi connectivity index (χ4n) is 5.79. The molecule has 3 aromatic rings. The van der Waals surface area contributed by atoms with Gasteiger partial charge in [0.15, 0.2) is 0 Å². The van der Waals surface area contributed by atoms with E-state index in [9.17, 15) is 0 Å². The first-order valence-corrected chi connectivity index (χ1v) is 23.4. The zero-order valence-electron chi connectivity index (χ0n) is 17.2. The van der Waals surface area contributed by atoms with Crippen molar-refractivity contribution < 1.29 is 17.4 Å². The first kappa shape index (κ1) is 22.8. The van der Waals surface area contributed by atoms with Crippen LogP contribution in [0.25, 0.3) is 17.2 Å². The molecule has 0 N–H and O–H groups in total. The number of fused-ring (bicyclic) bond motifs is 4. The van der Waals surface area contributed by atoms with Gasteiger partial charge in [-0.1, -0.05) is 0 Å². The molecule has 3 aromatic carbocycles. The van der Waals surface area contributed by atoms with Gasteiger partial charge in [0.25, 0.3) is 0 Å². The van der Waals surface area contributed by atoms with Crippen LogP contribution in [0.2, 0.25) is 9.26 Å². The monoisotopic (exact) mass is 516 g/mol. The first-order chi connectivity index (χ1) is 12.9. The van der Waals surface area contributed by atoms with Crippen molar-refractivity contribution in [3.05, 3.63) is 94.6 Å². The van der Waals surface area contributed by atoms with E-state index in [1.807, 2.05) is 0 Å².